The minimum absolute atomic E-state index is 0.0941. The zero-order valence-corrected chi connectivity index (χ0v) is 12.7. The second kappa shape index (κ2) is 5.64. The lowest BCUT2D eigenvalue weighted by Gasteiger charge is -2.35. The van der Waals surface area contributed by atoms with E-state index in [1.807, 2.05) is 41.5 Å². The third-order valence-corrected chi connectivity index (χ3v) is 3.00. The average molecular weight is 274 g/mol. The first kappa shape index (κ1) is 16.2. The molecule has 0 aliphatic carbocycles. The summed E-state index contributed by atoms with van der Waals surface area (Å²) in [6.45, 7) is 11.6. The van der Waals surface area contributed by atoms with Crippen LogP contribution >= 0.6 is 0 Å². The highest BCUT2D eigenvalue weighted by Gasteiger charge is 2.45. The predicted octanol–water partition coefficient (Wildman–Crippen LogP) is 2.03. The molecule has 0 radical (unpaired) electrons. The van der Waals surface area contributed by atoms with E-state index in [2.05, 4.69) is 0 Å². The SMILES string of the molecule is C[C@@H](C[C@H]1COC(C)(C)N1C(=O)OC(C)(C)C)ON. The van der Waals surface area contributed by atoms with Gasteiger partial charge < -0.3 is 14.3 Å². The fourth-order valence-electron chi connectivity index (χ4n) is 2.18. The van der Waals surface area contributed by atoms with E-state index in [4.69, 9.17) is 20.2 Å². The normalized spacial score (nSPS) is 24.4. The van der Waals surface area contributed by atoms with Gasteiger partial charge in [0.2, 0.25) is 0 Å². The van der Waals surface area contributed by atoms with Gasteiger partial charge in [-0.3, -0.25) is 4.90 Å². The van der Waals surface area contributed by atoms with E-state index >= 15 is 0 Å². The Morgan fingerprint density at radius 1 is 1.53 bits per heavy atom. The number of carbonyl (C=O) groups excluding carboxylic acids is 1. The smallest absolute Gasteiger partial charge is 0.412 e. The molecule has 2 atom stereocenters. The predicted molar refractivity (Wildman–Crippen MR) is 71.2 cm³/mol. The van der Waals surface area contributed by atoms with Crippen molar-refractivity contribution in [1.29, 1.82) is 0 Å². The van der Waals surface area contributed by atoms with Crippen molar-refractivity contribution in [3.8, 4) is 0 Å². The lowest BCUT2D eigenvalue weighted by Crippen LogP contribution is -2.50. The Kier molecular flexibility index (Phi) is 4.81. The van der Waals surface area contributed by atoms with Crippen molar-refractivity contribution in [2.24, 2.45) is 5.90 Å². The van der Waals surface area contributed by atoms with Crippen LogP contribution in [0.15, 0.2) is 0 Å². The van der Waals surface area contributed by atoms with Gasteiger partial charge in [0.15, 0.2) is 0 Å². The van der Waals surface area contributed by atoms with Gasteiger partial charge in [0.25, 0.3) is 0 Å². The maximum Gasteiger partial charge on any atom is 0.412 e. The number of hydrogen-bond acceptors (Lipinski definition) is 5. The van der Waals surface area contributed by atoms with Crippen LogP contribution in [0.4, 0.5) is 4.79 Å². The summed E-state index contributed by atoms with van der Waals surface area (Å²) in [4.78, 5) is 18.7. The van der Waals surface area contributed by atoms with Crippen LogP contribution < -0.4 is 5.90 Å². The summed E-state index contributed by atoms with van der Waals surface area (Å²) < 4.78 is 11.1. The molecule has 6 heteroatoms. The first-order valence-corrected chi connectivity index (χ1v) is 6.58. The van der Waals surface area contributed by atoms with Crippen LogP contribution in [0, 0.1) is 0 Å². The molecule has 19 heavy (non-hydrogen) atoms. The zero-order valence-electron chi connectivity index (χ0n) is 12.7. The van der Waals surface area contributed by atoms with Gasteiger partial charge in [-0.2, -0.15) is 0 Å². The maximum atomic E-state index is 12.3. The topological polar surface area (TPSA) is 74.0 Å². The first-order chi connectivity index (χ1) is 8.57. The number of nitrogens with two attached hydrogens (primary N) is 1. The molecule has 112 valence electrons. The van der Waals surface area contributed by atoms with Crippen molar-refractivity contribution >= 4 is 6.09 Å². The fourth-order valence-corrected chi connectivity index (χ4v) is 2.18. The monoisotopic (exact) mass is 274 g/mol. The van der Waals surface area contributed by atoms with Crippen LogP contribution in [0.5, 0.6) is 0 Å². The molecule has 0 spiro atoms. The molecule has 1 aliphatic heterocycles. The van der Waals surface area contributed by atoms with Crippen LogP contribution in [0.1, 0.15) is 48.0 Å². The summed E-state index contributed by atoms with van der Waals surface area (Å²) in [5.41, 5.74) is -1.21. The van der Waals surface area contributed by atoms with Crippen molar-refractivity contribution in [3.05, 3.63) is 0 Å². The van der Waals surface area contributed by atoms with Crippen LogP contribution in [-0.4, -0.2) is 41.1 Å². The Hall–Kier alpha value is -0.850. The minimum atomic E-state index is -0.679. The summed E-state index contributed by atoms with van der Waals surface area (Å²) in [5.74, 6) is 5.17. The Balaban J connectivity index is 2.81. The average Bonchev–Trinajstić information content (AvgIpc) is 2.51. The third kappa shape index (κ3) is 4.33. The lowest BCUT2D eigenvalue weighted by molar-refractivity contribution is -0.0644. The van der Waals surface area contributed by atoms with E-state index in [9.17, 15) is 4.79 Å². The minimum Gasteiger partial charge on any atom is -0.444 e. The third-order valence-electron chi connectivity index (χ3n) is 3.00. The summed E-state index contributed by atoms with van der Waals surface area (Å²) in [6.07, 6.45) is 0.0933. The van der Waals surface area contributed by atoms with Gasteiger partial charge in [0, 0.05) is 0 Å². The number of amides is 1. The van der Waals surface area contributed by atoms with Gasteiger partial charge in [0.1, 0.15) is 11.3 Å². The van der Waals surface area contributed by atoms with Crippen LogP contribution in [0.25, 0.3) is 0 Å². The van der Waals surface area contributed by atoms with Crippen molar-refractivity contribution in [1.82, 2.24) is 4.90 Å². The molecule has 1 heterocycles. The number of hydrogen-bond donors (Lipinski definition) is 1. The summed E-state index contributed by atoms with van der Waals surface area (Å²) >= 11 is 0. The fraction of sp³-hybridized carbons (Fsp3) is 0.923. The molecule has 1 saturated heterocycles. The zero-order chi connectivity index (χ0) is 14.8. The number of carbonyl (C=O) groups is 1. The standard InChI is InChI=1S/C13H26N2O4/c1-9(19-14)7-10-8-17-13(5,6)15(10)11(16)18-12(2,3)4/h9-10H,7-8,14H2,1-6H3/t9-,10-/m0/s1. The molecule has 1 amide bonds. The van der Waals surface area contributed by atoms with E-state index in [1.165, 1.54) is 0 Å². The molecule has 6 nitrogen and oxygen atoms in total. The molecular weight excluding hydrogens is 248 g/mol. The molecule has 2 N–H and O–H groups in total. The second-order valence-corrected chi connectivity index (χ2v) is 6.44. The molecule has 0 unspecified atom stereocenters. The highest BCUT2D eigenvalue weighted by molar-refractivity contribution is 5.69. The number of rotatable bonds is 3. The van der Waals surface area contributed by atoms with Crippen molar-refractivity contribution in [2.45, 2.75) is 71.4 Å². The number of ether oxygens (including phenoxy) is 2. The van der Waals surface area contributed by atoms with Gasteiger partial charge in [-0.1, -0.05) is 0 Å². The molecule has 0 bridgehead atoms. The van der Waals surface area contributed by atoms with Crippen LogP contribution in [-0.2, 0) is 14.3 Å². The largest absolute Gasteiger partial charge is 0.444 e. The Bertz CT molecular complexity index is 325. The lowest BCUT2D eigenvalue weighted by atomic mass is 10.1. The quantitative estimate of drug-likeness (QED) is 0.797. The molecule has 0 aromatic carbocycles. The van der Waals surface area contributed by atoms with Crippen LogP contribution in [0.2, 0.25) is 0 Å². The van der Waals surface area contributed by atoms with Gasteiger partial charge in [-0.25, -0.2) is 10.7 Å². The van der Waals surface area contributed by atoms with E-state index in [-0.39, 0.29) is 18.2 Å². The molecule has 0 aromatic rings. The molecule has 1 aliphatic rings. The maximum absolute atomic E-state index is 12.3. The second-order valence-electron chi connectivity index (χ2n) is 6.44. The first-order valence-electron chi connectivity index (χ1n) is 6.58. The Labute approximate surface area is 115 Å². The highest BCUT2D eigenvalue weighted by Crippen LogP contribution is 2.31. The van der Waals surface area contributed by atoms with E-state index in [0.717, 1.165) is 0 Å². The van der Waals surface area contributed by atoms with Gasteiger partial charge >= 0.3 is 6.09 Å². The summed E-state index contributed by atoms with van der Waals surface area (Å²) in [6, 6.07) is -0.0941. The van der Waals surface area contributed by atoms with Crippen molar-refractivity contribution in [2.75, 3.05) is 6.61 Å². The molecule has 0 saturated carbocycles. The van der Waals surface area contributed by atoms with E-state index in [1.54, 1.807) is 4.90 Å². The van der Waals surface area contributed by atoms with E-state index < -0.39 is 11.3 Å². The molecule has 1 rings (SSSR count). The van der Waals surface area contributed by atoms with E-state index in [0.29, 0.717) is 13.0 Å². The number of nitrogens with zero attached hydrogens (tertiary/aromatic N) is 1. The van der Waals surface area contributed by atoms with Gasteiger partial charge in [0.05, 0.1) is 18.8 Å². The Morgan fingerprint density at radius 3 is 2.58 bits per heavy atom. The van der Waals surface area contributed by atoms with Gasteiger partial charge in [-0.05, 0) is 48.0 Å². The molecular formula is C13H26N2O4. The Morgan fingerprint density at radius 2 is 2.11 bits per heavy atom. The molecule has 0 aromatic heterocycles. The van der Waals surface area contributed by atoms with Crippen LogP contribution in [0.3, 0.4) is 0 Å². The van der Waals surface area contributed by atoms with Crippen molar-refractivity contribution in [3.63, 3.8) is 0 Å². The van der Waals surface area contributed by atoms with Crippen molar-refractivity contribution < 1.29 is 19.1 Å². The highest BCUT2D eigenvalue weighted by atomic mass is 16.6. The summed E-state index contributed by atoms with van der Waals surface area (Å²) in [5, 5.41) is 0. The molecule has 1 fully saturated rings. The summed E-state index contributed by atoms with van der Waals surface area (Å²) in [7, 11) is 0. The van der Waals surface area contributed by atoms with Gasteiger partial charge in [-0.15, -0.1) is 0 Å².